The quantitative estimate of drug-likeness (QED) is 0.551. The molecule has 0 spiro atoms. The van der Waals surface area contributed by atoms with Crippen molar-refractivity contribution >= 4 is 34.7 Å². The van der Waals surface area contributed by atoms with Crippen molar-refractivity contribution in [1.82, 2.24) is 20.4 Å². The number of benzene rings is 1. The number of aromatic nitrogens is 2. The van der Waals surface area contributed by atoms with Crippen molar-refractivity contribution in [2.45, 2.75) is 32.7 Å². The summed E-state index contributed by atoms with van der Waals surface area (Å²) in [6, 6.07) is 12.7. The van der Waals surface area contributed by atoms with Gasteiger partial charge in [0.25, 0.3) is 11.8 Å². The fraction of sp³-hybridized carbons (Fsp3) is 0.348. The number of hydrogen-bond donors (Lipinski definition) is 2. The van der Waals surface area contributed by atoms with Crippen LogP contribution in [0.1, 0.15) is 50.4 Å². The van der Waals surface area contributed by atoms with Gasteiger partial charge in [-0.25, -0.2) is 0 Å². The Balaban J connectivity index is 1.23. The SMILES string of the molecule is Cc1ccc(CNC(=O)CC2CCN(C(=O)c3nnc(C(=O)Nc4ccccc4)s3)CC2)o1. The molecular weight excluding hydrogens is 442 g/mol. The number of likely N-dealkylation sites (tertiary alicyclic amines) is 1. The van der Waals surface area contributed by atoms with E-state index in [-0.39, 0.29) is 27.7 Å². The number of aryl methyl sites for hydroxylation is 1. The van der Waals surface area contributed by atoms with Crippen LogP contribution in [0.15, 0.2) is 46.9 Å². The minimum absolute atomic E-state index is 0.0213. The lowest BCUT2D eigenvalue weighted by atomic mass is 9.93. The molecule has 4 rings (SSSR count). The smallest absolute Gasteiger partial charge is 0.286 e. The number of piperidine rings is 1. The zero-order valence-electron chi connectivity index (χ0n) is 18.2. The van der Waals surface area contributed by atoms with Crippen LogP contribution in [0.25, 0.3) is 0 Å². The van der Waals surface area contributed by atoms with Gasteiger partial charge in [0, 0.05) is 25.2 Å². The van der Waals surface area contributed by atoms with Gasteiger partial charge in [-0.1, -0.05) is 29.5 Å². The zero-order chi connectivity index (χ0) is 23.2. The minimum Gasteiger partial charge on any atom is -0.465 e. The second-order valence-electron chi connectivity index (χ2n) is 7.96. The molecule has 0 bridgehead atoms. The molecule has 0 saturated carbocycles. The highest BCUT2D eigenvalue weighted by Gasteiger charge is 2.28. The first kappa shape index (κ1) is 22.7. The molecule has 0 radical (unpaired) electrons. The largest absolute Gasteiger partial charge is 0.465 e. The van der Waals surface area contributed by atoms with E-state index in [1.54, 1.807) is 17.0 Å². The molecule has 0 atom stereocenters. The molecule has 10 heteroatoms. The summed E-state index contributed by atoms with van der Waals surface area (Å²) in [7, 11) is 0. The highest BCUT2D eigenvalue weighted by molar-refractivity contribution is 7.15. The Hall–Kier alpha value is -3.53. The first-order chi connectivity index (χ1) is 16.0. The molecular formula is C23H25N5O4S. The van der Waals surface area contributed by atoms with Gasteiger partial charge < -0.3 is 20.0 Å². The summed E-state index contributed by atoms with van der Waals surface area (Å²) in [6.45, 7) is 3.32. The number of para-hydroxylation sites is 1. The summed E-state index contributed by atoms with van der Waals surface area (Å²) >= 11 is 0.981. The van der Waals surface area contributed by atoms with E-state index in [1.165, 1.54) is 0 Å². The summed E-state index contributed by atoms with van der Waals surface area (Å²) in [5.74, 6) is 1.11. The molecule has 1 aromatic carbocycles. The number of carbonyl (C=O) groups is 3. The zero-order valence-corrected chi connectivity index (χ0v) is 19.1. The van der Waals surface area contributed by atoms with Crippen molar-refractivity contribution < 1.29 is 18.8 Å². The summed E-state index contributed by atoms with van der Waals surface area (Å²) in [6.07, 6.45) is 1.89. The summed E-state index contributed by atoms with van der Waals surface area (Å²) < 4.78 is 5.46. The lowest BCUT2D eigenvalue weighted by Gasteiger charge is -2.31. The topological polar surface area (TPSA) is 117 Å². The van der Waals surface area contributed by atoms with E-state index in [2.05, 4.69) is 20.8 Å². The summed E-state index contributed by atoms with van der Waals surface area (Å²) in [5.41, 5.74) is 0.649. The Bertz CT molecular complexity index is 1120. The Morgan fingerprint density at radius 1 is 1.06 bits per heavy atom. The van der Waals surface area contributed by atoms with Crippen LogP contribution in [-0.4, -0.2) is 45.9 Å². The third-order valence-corrected chi connectivity index (χ3v) is 6.38. The molecule has 3 amide bonds. The van der Waals surface area contributed by atoms with Crippen LogP contribution in [0.3, 0.4) is 0 Å². The normalized spacial score (nSPS) is 14.2. The van der Waals surface area contributed by atoms with Crippen LogP contribution >= 0.6 is 11.3 Å². The molecule has 1 fully saturated rings. The number of carbonyl (C=O) groups excluding carboxylic acids is 3. The van der Waals surface area contributed by atoms with Gasteiger partial charge in [-0.05, 0) is 49.9 Å². The Kier molecular flexibility index (Phi) is 7.13. The molecule has 3 heterocycles. The van der Waals surface area contributed by atoms with Gasteiger partial charge in [-0.3, -0.25) is 14.4 Å². The predicted octanol–water partition coefficient (Wildman–Crippen LogP) is 3.25. The first-order valence-electron chi connectivity index (χ1n) is 10.8. The molecule has 1 aliphatic heterocycles. The highest BCUT2D eigenvalue weighted by atomic mass is 32.1. The van der Waals surface area contributed by atoms with Crippen LogP contribution < -0.4 is 10.6 Å². The fourth-order valence-corrected chi connectivity index (χ4v) is 4.39. The molecule has 9 nitrogen and oxygen atoms in total. The van der Waals surface area contributed by atoms with Crippen molar-refractivity contribution in [1.29, 1.82) is 0 Å². The van der Waals surface area contributed by atoms with E-state index >= 15 is 0 Å². The van der Waals surface area contributed by atoms with Gasteiger partial charge in [0.15, 0.2) is 0 Å². The number of furan rings is 1. The number of anilines is 1. The van der Waals surface area contributed by atoms with Gasteiger partial charge in [-0.15, -0.1) is 10.2 Å². The highest BCUT2D eigenvalue weighted by Crippen LogP contribution is 2.23. The molecule has 1 aliphatic rings. The van der Waals surface area contributed by atoms with Crippen molar-refractivity contribution in [2.75, 3.05) is 18.4 Å². The van der Waals surface area contributed by atoms with Crippen molar-refractivity contribution in [3.8, 4) is 0 Å². The van der Waals surface area contributed by atoms with Gasteiger partial charge in [0.05, 0.1) is 6.54 Å². The second kappa shape index (κ2) is 10.4. The predicted molar refractivity (Wildman–Crippen MR) is 123 cm³/mol. The minimum atomic E-state index is -0.396. The monoisotopic (exact) mass is 467 g/mol. The van der Waals surface area contributed by atoms with Crippen molar-refractivity contribution in [2.24, 2.45) is 5.92 Å². The molecule has 0 unspecified atom stereocenters. The Morgan fingerprint density at radius 2 is 1.79 bits per heavy atom. The van der Waals surface area contributed by atoms with Crippen molar-refractivity contribution in [3.05, 3.63) is 64.0 Å². The maximum atomic E-state index is 12.8. The lowest BCUT2D eigenvalue weighted by molar-refractivity contribution is -0.122. The van der Waals surface area contributed by atoms with Gasteiger partial charge >= 0.3 is 0 Å². The van der Waals surface area contributed by atoms with Crippen LogP contribution in [-0.2, 0) is 11.3 Å². The van der Waals surface area contributed by atoms with Gasteiger partial charge in [0.1, 0.15) is 11.5 Å². The third-order valence-electron chi connectivity index (χ3n) is 5.47. The molecule has 1 saturated heterocycles. The van der Waals surface area contributed by atoms with Gasteiger partial charge in [0.2, 0.25) is 15.9 Å². The van der Waals surface area contributed by atoms with Crippen molar-refractivity contribution in [3.63, 3.8) is 0 Å². The van der Waals surface area contributed by atoms with Crippen LogP contribution in [0.5, 0.6) is 0 Å². The average Bonchev–Trinajstić information content (AvgIpc) is 3.48. The van der Waals surface area contributed by atoms with E-state index in [9.17, 15) is 14.4 Å². The summed E-state index contributed by atoms with van der Waals surface area (Å²) in [4.78, 5) is 39.1. The van der Waals surface area contributed by atoms with Crippen LogP contribution in [0.4, 0.5) is 5.69 Å². The number of amides is 3. The molecule has 2 N–H and O–H groups in total. The van der Waals surface area contributed by atoms with E-state index in [1.807, 2.05) is 37.3 Å². The number of hydrogen-bond acceptors (Lipinski definition) is 7. The van der Waals surface area contributed by atoms with E-state index < -0.39 is 5.91 Å². The Labute approximate surface area is 195 Å². The average molecular weight is 468 g/mol. The fourth-order valence-electron chi connectivity index (χ4n) is 3.68. The van der Waals surface area contributed by atoms with Crippen LogP contribution in [0.2, 0.25) is 0 Å². The lowest BCUT2D eigenvalue weighted by Crippen LogP contribution is -2.39. The van der Waals surface area contributed by atoms with Crippen LogP contribution in [0, 0.1) is 12.8 Å². The molecule has 2 aromatic heterocycles. The van der Waals surface area contributed by atoms with E-state index in [4.69, 9.17) is 4.42 Å². The van der Waals surface area contributed by atoms with Gasteiger partial charge in [-0.2, -0.15) is 0 Å². The first-order valence-corrected chi connectivity index (χ1v) is 11.6. The number of rotatable bonds is 7. The maximum absolute atomic E-state index is 12.8. The third kappa shape index (κ3) is 6.04. The molecule has 172 valence electrons. The maximum Gasteiger partial charge on any atom is 0.286 e. The molecule has 0 aliphatic carbocycles. The second-order valence-corrected chi connectivity index (χ2v) is 8.94. The number of nitrogens with one attached hydrogen (secondary N) is 2. The summed E-state index contributed by atoms with van der Waals surface area (Å²) in [5, 5.41) is 13.7. The van der Waals surface area contributed by atoms with E-state index in [0.29, 0.717) is 31.7 Å². The Morgan fingerprint density at radius 3 is 2.48 bits per heavy atom. The molecule has 3 aromatic rings. The number of nitrogens with zero attached hydrogens (tertiary/aromatic N) is 3. The standard InChI is InChI=1S/C23H25N5O4S/c1-15-7-8-18(32-15)14-24-19(29)13-16-9-11-28(12-10-16)23(31)22-27-26-21(33-22)20(30)25-17-5-3-2-4-6-17/h2-8,16H,9-14H2,1H3,(H,24,29)(H,25,30). The molecule has 33 heavy (non-hydrogen) atoms. The van der Waals surface area contributed by atoms with E-state index in [0.717, 1.165) is 35.7 Å².